The molecule has 0 heterocycles. The number of unbranched alkanes of at least 4 members (excludes halogenated alkanes) is 58. The van der Waals surface area contributed by atoms with Gasteiger partial charge in [0.15, 0.2) is 0 Å². The number of amides is 1. The highest BCUT2D eigenvalue weighted by Crippen LogP contribution is 2.19. The molecule has 0 aliphatic rings. The summed E-state index contributed by atoms with van der Waals surface area (Å²) in [6.07, 6.45) is 96.8. The van der Waals surface area contributed by atoms with Gasteiger partial charge in [-0.2, -0.15) is 0 Å². The van der Waals surface area contributed by atoms with Crippen molar-refractivity contribution in [3.8, 4) is 0 Å². The molecule has 0 aromatic heterocycles. The van der Waals surface area contributed by atoms with Crippen LogP contribution in [-0.4, -0.2) is 47.4 Å². The Bertz CT molecular complexity index is 1380. The monoisotopic (exact) mass is 1190 g/mol. The predicted molar refractivity (Wildman–Crippen MR) is 375 cm³/mol. The van der Waals surface area contributed by atoms with Crippen LogP contribution in [0.25, 0.3) is 0 Å². The third kappa shape index (κ3) is 71.0. The van der Waals surface area contributed by atoms with E-state index >= 15 is 0 Å². The van der Waals surface area contributed by atoms with Gasteiger partial charge in [0.05, 0.1) is 25.4 Å². The second-order valence-corrected chi connectivity index (χ2v) is 26.7. The Morgan fingerprint density at radius 2 is 0.588 bits per heavy atom. The summed E-state index contributed by atoms with van der Waals surface area (Å²) in [4.78, 5) is 24.6. The summed E-state index contributed by atoms with van der Waals surface area (Å²) in [5.41, 5.74) is 0. The first-order chi connectivity index (χ1) is 42.0. The molecule has 3 N–H and O–H groups in total. The van der Waals surface area contributed by atoms with Gasteiger partial charge in [0, 0.05) is 12.8 Å². The summed E-state index contributed by atoms with van der Waals surface area (Å²) < 4.78 is 5.49. The van der Waals surface area contributed by atoms with Crippen molar-refractivity contribution in [2.75, 3.05) is 13.2 Å². The maximum Gasteiger partial charge on any atom is 0.305 e. The van der Waals surface area contributed by atoms with E-state index in [1.54, 1.807) is 6.08 Å². The summed E-state index contributed by atoms with van der Waals surface area (Å²) in [7, 11) is 0. The molecule has 502 valence electrons. The molecule has 6 nitrogen and oxygen atoms in total. The van der Waals surface area contributed by atoms with E-state index in [9.17, 15) is 19.8 Å². The molecule has 6 heteroatoms. The van der Waals surface area contributed by atoms with Crippen molar-refractivity contribution in [1.82, 2.24) is 5.32 Å². The van der Waals surface area contributed by atoms with Crippen molar-refractivity contribution >= 4 is 11.9 Å². The van der Waals surface area contributed by atoms with Crippen LogP contribution >= 0.6 is 0 Å². The minimum Gasteiger partial charge on any atom is -0.466 e. The average molecular weight is 1200 g/mol. The Labute approximate surface area is 532 Å². The minimum absolute atomic E-state index is 0.0151. The minimum atomic E-state index is -0.846. The van der Waals surface area contributed by atoms with Crippen LogP contribution < -0.4 is 5.32 Å². The maximum atomic E-state index is 12.5. The van der Waals surface area contributed by atoms with Crippen molar-refractivity contribution in [1.29, 1.82) is 0 Å². The van der Waals surface area contributed by atoms with Crippen LogP contribution in [0.2, 0.25) is 0 Å². The predicted octanol–water partition coefficient (Wildman–Crippen LogP) is 25.4. The van der Waals surface area contributed by atoms with Crippen molar-refractivity contribution in [3.05, 3.63) is 36.5 Å². The van der Waals surface area contributed by atoms with Gasteiger partial charge < -0.3 is 20.3 Å². The molecule has 0 radical (unpaired) electrons. The van der Waals surface area contributed by atoms with Crippen LogP contribution in [0.3, 0.4) is 0 Å². The largest absolute Gasteiger partial charge is 0.466 e. The SMILES string of the molecule is CCCCCCCCCCCCCCCCCCCCCCCC/C=C/C(O)C(CO)NC(=O)CCCCCCCCCCCCCCCCC/C=C\C/C=C\CCCCCCCCCCCOC(=O)CCCCCCCCCCCCCCC. The molecular formula is C79H151NO5. The van der Waals surface area contributed by atoms with Gasteiger partial charge in [-0.25, -0.2) is 0 Å². The molecule has 0 rings (SSSR count). The fraction of sp³-hybridized carbons (Fsp3) is 0.899. The van der Waals surface area contributed by atoms with Crippen LogP contribution in [0.5, 0.6) is 0 Å². The molecule has 0 aromatic rings. The molecule has 0 aliphatic heterocycles. The molecule has 0 fully saturated rings. The van der Waals surface area contributed by atoms with Crippen molar-refractivity contribution < 1.29 is 24.5 Å². The van der Waals surface area contributed by atoms with E-state index < -0.39 is 12.1 Å². The molecular weight excluding hydrogens is 1040 g/mol. The number of carbonyl (C=O) groups is 2. The second-order valence-electron chi connectivity index (χ2n) is 26.7. The number of nitrogens with one attached hydrogen (secondary N) is 1. The summed E-state index contributed by atoms with van der Waals surface area (Å²) in [5, 5.41) is 23.3. The highest BCUT2D eigenvalue weighted by Gasteiger charge is 2.18. The summed E-state index contributed by atoms with van der Waals surface area (Å²) in [6.45, 7) is 4.95. The molecule has 0 aromatic carbocycles. The number of hydrogen-bond donors (Lipinski definition) is 3. The Hall–Kier alpha value is -1.92. The van der Waals surface area contributed by atoms with Gasteiger partial charge in [-0.3, -0.25) is 9.59 Å². The highest BCUT2D eigenvalue weighted by atomic mass is 16.5. The molecule has 85 heavy (non-hydrogen) atoms. The zero-order chi connectivity index (χ0) is 61.3. The maximum absolute atomic E-state index is 12.5. The Morgan fingerprint density at radius 1 is 0.329 bits per heavy atom. The number of ether oxygens (including phenoxy) is 1. The number of allylic oxidation sites excluding steroid dienone is 5. The Kier molecular flexibility index (Phi) is 72.9. The number of rotatable bonds is 73. The molecule has 0 aliphatic carbocycles. The number of carbonyl (C=O) groups excluding carboxylic acids is 2. The van der Waals surface area contributed by atoms with Gasteiger partial charge in [-0.15, -0.1) is 0 Å². The van der Waals surface area contributed by atoms with Crippen LogP contribution in [-0.2, 0) is 14.3 Å². The van der Waals surface area contributed by atoms with Gasteiger partial charge in [0.1, 0.15) is 0 Å². The lowest BCUT2D eigenvalue weighted by Gasteiger charge is -2.20. The summed E-state index contributed by atoms with van der Waals surface area (Å²) >= 11 is 0. The normalized spacial score (nSPS) is 12.7. The average Bonchev–Trinajstić information content (AvgIpc) is 3.54. The van der Waals surface area contributed by atoms with Crippen LogP contribution in [0.1, 0.15) is 431 Å². The molecule has 0 saturated heterocycles. The molecule has 2 atom stereocenters. The topological polar surface area (TPSA) is 95.9 Å². The van der Waals surface area contributed by atoms with E-state index in [0.717, 1.165) is 44.9 Å². The summed E-state index contributed by atoms with van der Waals surface area (Å²) in [5.74, 6) is -0.0475. The zero-order valence-electron chi connectivity index (χ0n) is 57.6. The quantitative estimate of drug-likeness (QED) is 0.0320. The van der Waals surface area contributed by atoms with E-state index in [-0.39, 0.29) is 18.5 Å². The standard InChI is InChI=1S/C79H151NO5/c1-3-5-7-9-11-13-15-17-18-19-20-21-22-32-35-38-41-44-48-51-55-59-63-67-71-77(82)76(75-81)80-78(83)72-68-64-60-56-52-49-45-42-39-36-33-30-28-26-24-23-25-27-29-31-34-37-40-43-46-50-54-58-62-66-70-74-85-79(84)73-69-65-61-57-53-47-16-14-12-10-8-6-4-2/h25,27,31,34,67,71,76-77,81-82H,3-24,26,28-30,32-33,35-66,68-70,72-75H2,1-2H3,(H,80,83)/b27-25-,34-31-,71-67+. The fourth-order valence-electron chi connectivity index (χ4n) is 12.3. The van der Waals surface area contributed by atoms with Gasteiger partial charge >= 0.3 is 5.97 Å². The van der Waals surface area contributed by atoms with E-state index in [2.05, 4.69) is 43.5 Å². The van der Waals surface area contributed by atoms with Crippen molar-refractivity contribution in [2.45, 2.75) is 443 Å². The van der Waals surface area contributed by atoms with Gasteiger partial charge in [0.2, 0.25) is 5.91 Å². The molecule has 0 saturated carbocycles. The van der Waals surface area contributed by atoms with Gasteiger partial charge in [-0.1, -0.05) is 391 Å². The molecule has 1 amide bonds. The highest BCUT2D eigenvalue weighted by molar-refractivity contribution is 5.76. The van der Waals surface area contributed by atoms with Crippen LogP contribution in [0.15, 0.2) is 36.5 Å². The number of aliphatic hydroxyl groups is 2. The van der Waals surface area contributed by atoms with Crippen molar-refractivity contribution in [2.24, 2.45) is 0 Å². The lowest BCUT2D eigenvalue weighted by molar-refractivity contribution is -0.143. The van der Waals surface area contributed by atoms with Crippen LogP contribution in [0.4, 0.5) is 0 Å². The van der Waals surface area contributed by atoms with Crippen LogP contribution in [0, 0.1) is 0 Å². The number of aliphatic hydroxyl groups excluding tert-OH is 2. The number of hydrogen-bond acceptors (Lipinski definition) is 5. The fourth-order valence-corrected chi connectivity index (χ4v) is 12.3. The van der Waals surface area contributed by atoms with Gasteiger partial charge in [-0.05, 0) is 64.2 Å². The first-order valence-electron chi connectivity index (χ1n) is 38.8. The van der Waals surface area contributed by atoms with E-state index in [4.69, 9.17) is 4.74 Å². The Morgan fingerprint density at radius 3 is 0.894 bits per heavy atom. The zero-order valence-corrected chi connectivity index (χ0v) is 57.6. The second kappa shape index (κ2) is 74.5. The number of esters is 1. The van der Waals surface area contributed by atoms with E-state index in [0.29, 0.717) is 19.4 Å². The Balaban J connectivity index is 3.41. The first-order valence-corrected chi connectivity index (χ1v) is 38.8. The smallest absolute Gasteiger partial charge is 0.305 e. The lowest BCUT2D eigenvalue weighted by Crippen LogP contribution is -2.45. The molecule has 2 unspecified atom stereocenters. The van der Waals surface area contributed by atoms with E-state index in [1.165, 1.54) is 360 Å². The van der Waals surface area contributed by atoms with Gasteiger partial charge in [0.25, 0.3) is 0 Å². The lowest BCUT2D eigenvalue weighted by atomic mass is 10.0. The first kappa shape index (κ1) is 83.1. The molecule has 0 spiro atoms. The van der Waals surface area contributed by atoms with Crippen molar-refractivity contribution in [3.63, 3.8) is 0 Å². The third-order valence-corrected chi connectivity index (χ3v) is 18.2. The summed E-state index contributed by atoms with van der Waals surface area (Å²) in [6, 6.07) is -0.629. The van der Waals surface area contributed by atoms with E-state index in [1.807, 2.05) is 6.08 Å². The molecule has 0 bridgehead atoms. The third-order valence-electron chi connectivity index (χ3n) is 18.2.